The van der Waals surface area contributed by atoms with Crippen molar-refractivity contribution in [3.63, 3.8) is 0 Å². The van der Waals surface area contributed by atoms with E-state index < -0.39 is 6.04 Å². The van der Waals surface area contributed by atoms with E-state index in [-0.39, 0.29) is 29.6 Å². The lowest BCUT2D eigenvalue weighted by Gasteiger charge is -2.31. The number of Topliss-reactive ketones (excluding diaryl/α,β-unsaturated/α-hetero) is 1. The number of ketones is 1. The molecular formula is C28H37N7O4. The van der Waals surface area contributed by atoms with Crippen LogP contribution in [0.25, 0.3) is 0 Å². The molecule has 39 heavy (non-hydrogen) atoms. The van der Waals surface area contributed by atoms with Crippen LogP contribution in [0.5, 0.6) is 0 Å². The van der Waals surface area contributed by atoms with E-state index in [2.05, 4.69) is 32.9 Å². The van der Waals surface area contributed by atoms with Crippen LogP contribution in [0.2, 0.25) is 0 Å². The van der Waals surface area contributed by atoms with E-state index in [1.807, 2.05) is 17.0 Å². The molecule has 0 aromatic heterocycles. The molecule has 0 bridgehead atoms. The highest BCUT2D eigenvalue weighted by Gasteiger charge is 2.44. The van der Waals surface area contributed by atoms with Gasteiger partial charge in [-0.05, 0) is 57.3 Å². The number of rotatable bonds is 4. The number of fused-ring (bicyclic) bond motifs is 3. The van der Waals surface area contributed by atoms with Crippen LogP contribution in [0.3, 0.4) is 0 Å². The number of ether oxygens (including phenoxy) is 1. The average Bonchev–Trinajstić information content (AvgIpc) is 3.42. The average molecular weight is 536 g/mol. The standard InChI is InChI=1S/C28H37N7O4/c1-33-10-3-11-34(13-12-33)27(37)19-8-6-18(7-9-19)24-23-25(31-30-24)20-4-2-5-21(22(20)26(23)36)29-28(38)32-35-14-16-39-17-15-35/h2,4-5,18-19,25H,3,6-17H2,1H3,(H2,29,32,38). The lowest BCUT2D eigenvalue weighted by atomic mass is 9.78. The zero-order valence-corrected chi connectivity index (χ0v) is 22.5. The van der Waals surface area contributed by atoms with Crippen LogP contribution in [0.15, 0.2) is 39.7 Å². The number of nitrogens with zero attached hydrogens (tertiary/aromatic N) is 5. The van der Waals surface area contributed by atoms with E-state index in [1.165, 1.54) is 0 Å². The van der Waals surface area contributed by atoms with Crippen LogP contribution in [0.1, 0.15) is 54.1 Å². The number of likely N-dealkylation sites (N-methyl/N-ethyl adjacent to an activating group) is 1. The molecular weight excluding hydrogens is 498 g/mol. The molecule has 3 aliphatic heterocycles. The molecule has 11 nitrogen and oxygen atoms in total. The molecule has 5 aliphatic rings. The fraction of sp³-hybridized carbons (Fsp3) is 0.607. The van der Waals surface area contributed by atoms with Crippen LogP contribution < -0.4 is 10.7 Å². The molecule has 1 aromatic rings. The van der Waals surface area contributed by atoms with Gasteiger partial charge in [-0.2, -0.15) is 10.2 Å². The first kappa shape index (κ1) is 26.1. The number of hydrogen-bond donors (Lipinski definition) is 2. The molecule has 1 saturated carbocycles. The Morgan fingerprint density at radius 1 is 1.00 bits per heavy atom. The summed E-state index contributed by atoms with van der Waals surface area (Å²) in [6, 6.07) is 4.69. The molecule has 208 valence electrons. The van der Waals surface area contributed by atoms with Crippen molar-refractivity contribution in [3.05, 3.63) is 40.6 Å². The third kappa shape index (κ3) is 5.22. The van der Waals surface area contributed by atoms with E-state index in [9.17, 15) is 14.4 Å². The maximum Gasteiger partial charge on any atom is 0.333 e. The number of nitrogens with one attached hydrogen (secondary N) is 2. The molecule has 2 aliphatic carbocycles. The quantitative estimate of drug-likeness (QED) is 0.612. The highest BCUT2D eigenvalue weighted by atomic mass is 16.5. The lowest BCUT2D eigenvalue weighted by molar-refractivity contribution is -0.136. The molecule has 1 aromatic carbocycles. The minimum absolute atomic E-state index is 0.0432. The summed E-state index contributed by atoms with van der Waals surface area (Å²) in [4.78, 5) is 44.0. The minimum Gasteiger partial charge on any atom is -0.379 e. The Balaban J connectivity index is 1.12. The number of hydrogen-bond acceptors (Lipinski definition) is 8. The fourth-order valence-electron chi connectivity index (χ4n) is 6.53. The van der Waals surface area contributed by atoms with Gasteiger partial charge < -0.3 is 19.9 Å². The third-order valence-electron chi connectivity index (χ3n) is 8.71. The number of hydrazine groups is 1. The molecule has 0 radical (unpaired) electrons. The summed E-state index contributed by atoms with van der Waals surface area (Å²) >= 11 is 0. The fourth-order valence-corrected chi connectivity index (χ4v) is 6.53. The molecule has 6 rings (SSSR count). The van der Waals surface area contributed by atoms with Crippen molar-refractivity contribution in [2.45, 2.75) is 38.1 Å². The number of urea groups is 1. The summed E-state index contributed by atoms with van der Waals surface area (Å²) in [6.07, 6.45) is 4.28. The zero-order valence-electron chi connectivity index (χ0n) is 22.5. The van der Waals surface area contributed by atoms with E-state index in [0.29, 0.717) is 43.1 Å². The van der Waals surface area contributed by atoms with Crippen molar-refractivity contribution < 1.29 is 19.1 Å². The summed E-state index contributed by atoms with van der Waals surface area (Å²) < 4.78 is 5.33. The highest BCUT2D eigenvalue weighted by molar-refractivity contribution is 6.19. The third-order valence-corrected chi connectivity index (χ3v) is 8.71. The molecule has 0 spiro atoms. The minimum atomic E-state index is -0.417. The Hall–Kier alpha value is -3.15. The van der Waals surface area contributed by atoms with Crippen LogP contribution in [0, 0.1) is 11.8 Å². The van der Waals surface area contributed by atoms with Crippen molar-refractivity contribution >= 4 is 23.4 Å². The number of anilines is 1. The Bertz CT molecular complexity index is 1200. The van der Waals surface area contributed by atoms with Gasteiger partial charge in [-0.15, -0.1) is 0 Å². The molecule has 3 fully saturated rings. The van der Waals surface area contributed by atoms with Gasteiger partial charge in [0.25, 0.3) is 0 Å². The van der Waals surface area contributed by atoms with Crippen molar-refractivity contribution in [1.29, 1.82) is 0 Å². The number of carbonyl (C=O) groups excluding carboxylic acids is 3. The predicted molar refractivity (Wildman–Crippen MR) is 144 cm³/mol. The van der Waals surface area contributed by atoms with E-state index in [0.717, 1.165) is 69.5 Å². The smallest absolute Gasteiger partial charge is 0.333 e. The molecule has 2 saturated heterocycles. The molecule has 11 heteroatoms. The van der Waals surface area contributed by atoms with Gasteiger partial charge in [-0.3, -0.25) is 15.0 Å². The van der Waals surface area contributed by atoms with Crippen LogP contribution in [0.4, 0.5) is 10.5 Å². The summed E-state index contributed by atoms with van der Waals surface area (Å²) in [5.74, 6) is 0.334. The number of benzene rings is 1. The van der Waals surface area contributed by atoms with Gasteiger partial charge in [0.15, 0.2) is 5.78 Å². The molecule has 3 heterocycles. The number of morpholine rings is 1. The highest BCUT2D eigenvalue weighted by Crippen LogP contribution is 2.50. The number of amides is 3. The first-order chi connectivity index (χ1) is 19.0. The first-order valence-electron chi connectivity index (χ1n) is 14.2. The van der Waals surface area contributed by atoms with E-state index >= 15 is 0 Å². The second kappa shape index (κ2) is 11.1. The Kier molecular flexibility index (Phi) is 7.46. The van der Waals surface area contributed by atoms with Crippen LogP contribution in [-0.4, -0.2) is 92.1 Å². The topological polar surface area (TPSA) is 119 Å². The van der Waals surface area contributed by atoms with Crippen molar-refractivity contribution in [1.82, 2.24) is 20.2 Å². The predicted octanol–water partition coefficient (Wildman–Crippen LogP) is 2.98. The van der Waals surface area contributed by atoms with Gasteiger partial charge in [-0.25, -0.2) is 9.80 Å². The van der Waals surface area contributed by atoms with Crippen LogP contribution in [-0.2, 0) is 9.53 Å². The van der Waals surface area contributed by atoms with Crippen molar-refractivity contribution in [2.75, 3.05) is 64.8 Å². The van der Waals surface area contributed by atoms with Gasteiger partial charge in [0.1, 0.15) is 6.04 Å². The summed E-state index contributed by atoms with van der Waals surface area (Å²) in [5.41, 5.74) is 6.01. The largest absolute Gasteiger partial charge is 0.379 e. The summed E-state index contributed by atoms with van der Waals surface area (Å²) in [6.45, 7) is 5.95. The van der Waals surface area contributed by atoms with Crippen LogP contribution >= 0.6 is 0 Å². The zero-order chi connectivity index (χ0) is 26.9. The number of carbonyl (C=O) groups is 3. The van der Waals surface area contributed by atoms with E-state index in [4.69, 9.17) is 4.74 Å². The molecule has 1 unspecified atom stereocenters. The Labute approximate surface area is 228 Å². The molecule has 3 amide bonds. The van der Waals surface area contributed by atoms with E-state index in [1.54, 1.807) is 11.1 Å². The normalized spacial score (nSPS) is 27.8. The van der Waals surface area contributed by atoms with Gasteiger partial charge >= 0.3 is 6.03 Å². The Morgan fingerprint density at radius 2 is 1.79 bits per heavy atom. The molecule has 1 atom stereocenters. The summed E-state index contributed by atoms with van der Waals surface area (Å²) in [7, 11) is 2.11. The number of allylic oxidation sites excluding steroid dienone is 1. The number of azo groups is 1. The van der Waals surface area contributed by atoms with Gasteiger partial charge in [0, 0.05) is 44.6 Å². The Morgan fingerprint density at radius 3 is 2.59 bits per heavy atom. The van der Waals surface area contributed by atoms with Crippen molar-refractivity contribution in [2.24, 2.45) is 22.1 Å². The maximum absolute atomic E-state index is 13.7. The SMILES string of the molecule is CN1CCCN(C(=O)C2CCC(C3=C4C(=O)c5c(NC(=O)NN6CCOCC6)cccc5C4N=N3)CC2)CC1. The van der Waals surface area contributed by atoms with Crippen molar-refractivity contribution in [3.8, 4) is 0 Å². The maximum atomic E-state index is 13.7. The van der Waals surface area contributed by atoms with Gasteiger partial charge in [-0.1, -0.05) is 12.1 Å². The summed E-state index contributed by atoms with van der Waals surface area (Å²) in [5, 5.41) is 13.7. The second-order valence-electron chi connectivity index (χ2n) is 11.2. The monoisotopic (exact) mass is 535 g/mol. The molecule has 2 N–H and O–H groups in total. The van der Waals surface area contributed by atoms with Gasteiger partial charge in [0.05, 0.1) is 35.7 Å². The first-order valence-corrected chi connectivity index (χ1v) is 14.2. The van der Waals surface area contributed by atoms with Gasteiger partial charge in [0.2, 0.25) is 5.91 Å². The lowest BCUT2D eigenvalue weighted by Crippen LogP contribution is -2.49. The second-order valence-corrected chi connectivity index (χ2v) is 11.2.